The van der Waals surface area contributed by atoms with Crippen LogP contribution in [0.15, 0.2) is 24.3 Å². The highest BCUT2D eigenvalue weighted by Gasteiger charge is 2.45. The zero-order valence-electron chi connectivity index (χ0n) is 44.0. The normalized spacial score (nSPS) is 19.7. The lowest BCUT2D eigenvalue weighted by Crippen LogP contribution is -2.60. The Morgan fingerprint density at radius 2 is 0.986 bits per heavy atom. The Balaban J connectivity index is 1.69. The number of unbranched alkanes of at least 4 members (excludes halogenated alkanes) is 34. The van der Waals surface area contributed by atoms with Gasteiger partial charge in [0, 0.05) is 0 Å². The summed E-state index contributed by atoms with van der Waals surface area (Å²) < 4.78 is 31.5. The minimum atomic E-state index is -1.61. The summed E-state index contributed by atoms with van der Waals surface area (Å²) in [5.41, 5.74) is 0.119. The zero-order chi connectivity index (χ0) is 50.0. The topological polar surface area (TPSA) is 153 Å². The SMILES string of the molecule is CCCCCCCCCCCCCCCCCCCCCCCCCCN[C@@H](CO[C@H]1O[C@H](COC(=S)Nc2ccccc2F)[C@H](O)[C@H](O)[C@H]1O)[C@H](O)[C@H](O)CCCCCCCCCCCCCC. The molecule has 0 radical (unpaired) electrons. The molecular weight excluding hydrogens is 892 g/mol. The molecule has 0 bridgehead atoms. The molecule has 0 aliphatic carbocycles. The Hall–Kier alpha value is -1.48. The maximum absolute atomic E-state index is 14.1. The number of hydrogen-bond donors (Lipinski definition) is 7. The Morgan fingerprint density at radius 3 is 1.42 bits per heavy atom. The second-order valence-corrected chi connectivity index (χ2v) is 20.9. The van der Waals surface area contributed by atoms with E-state index in [4.69, 9.17) is 26.4 Å². The molecule has 1 fully saturated rings. The summed E-state index contributed by atoms with van der Waals surface area (Å²) in [6.07, 6.45) is 37.8. The molecule has 12 heteroatoms. The molecule has 1 aromatic rings. The van der Waals surface area contributed by atoms with Gasteiger partial charge in [0.15, 0.2) is 6.29 Å². The zero-order valence-corrected chi connectivity index (χ0v) is 44.8. The molecule has 404 valence electrons. The first-order valence-electron chi connectivity index (χ1n) is 28.8. The van der Waals surface area contributed by atoms with Crippen molar-refractivity contribution in [2.24, 2.45) is 0 Å². The molecule has 10 nitrogen and oxygen atoms in total. The summed E-state index contributed by atoms with van der Waals surface area (Å²) in [4.78, 5) is 0. The first-order chi connectivity index (χ1) is 33.7. The number of aliphatic hydroxyl groups is 5. The molecule has 8 atom stereocenters. The smallest absolute Gasteiger partial charge is 0.261 e. The quantitative estimate of drug-likeness (QED) is 0.0247. The van der Waals surface area contributed by atoms with Crippen molar-refractivity contribution >= 4 is 23.1 Å². The van der Waals surface area contributed by atoms with Gasteiger partial charge in [-0.15, -0.1) is 0 Å². The highest BCUT2D eigenvalue weighted by molar-refractivity contribution is 7.80. The summed E-state index contributed by atoms with van der Waals surface area (Å²) >= 11 is 5.20. The van der Waals surface area contributed by atoms with Gasteiger partial charge in [-0.3, -0.25) is 0 Å². The molecule has 1 aliphatic heterocycles. The van der Waals surface area contributed by atoms with Crippen LogP contribution in [0.5, 0.6) is 0 Å². The molecular formula is C57H105FN2O8S. The van der Waals surface area contributed by atoms with Crippen molar-refractivity contribution in [2.45, 2.75) is 300 Å². The first kappa shape index (κ1) is 63.6. The number of anilines is 1. The van der Waals surface area contributed by atoms with Crippen molar-refractivity contribution in [1.29, 1.82) is 0 Å². The maximum atomic E-state index is 14.1. The third-order valence-corrected chi connectivity index (χ3v) is 14.4. The van der Waals surface area contributed by atoms with E-state index in [0.29, 0.717) is 13.0 Å². The predicted molar refractivity (Wildman–Crippen MR) is 287 cm³/mol. The van der Waals surface area contributed by atoms with E-state index in [0.717, 1.165) is 38.5 Å². The second kappa shape index (κ2) is 44.0. The Kier molecular flexibility index (Phi) is 40.6. The molecule has 1 aliphatic rings. The van der Waals surface area contributed by atoms with Gasteiger partial charge in [0.25, 0.3) is 5.17 Å². The number of hydrogen-bond acceptors (Lipinski definition) is 10. The third kappa shape index (κ3) is 32.3. The van der Waals surface area contributed by atoms with Gasteiger partial charge in [0.1, 0.15) is 36.8 Å². The summed E-state index contributed by atoms with van der Waals surface area (Å²) in [5.74, 6) is -0.518. The van der Waals surface area contributed by atoms with Gasteiger partial charge in [-0.2, -0.15) is 0 Å². The van der Waals surface area contributed by atoms with Gasteiger partial charge in [-0.05, 0) is 43.7 Å². The Bertz CT molecular complexity index is 1320. The third-order valence-electron chi connectivity index (χ3n) is 14.2. The minimum Gasteiger partial charge on any atom is -0.468 e. The number of nitrogens with one attached hydrogen (secondary N) is 2. The molecule has 0 amide bonds. The number of aliphatic hydroxyl groups excluding tert-OH is 5. The number of thiocarbonyl (C=S) groups is 1. The number of benzene rings is 1. The lowest BCUT2D eigenvalue weighted by molar-refractivity contribution is -0.302. The van der Waals surface area contributed by atoms with Crippen molar-refractivity contribution in [3.05, 3.63) is 30.1 Å². The summed E-state index contributed by atoms with van der Waals surface area (Å²) in [7, 11) is 0. The van der Waals surface area contributed by atoms with Gasteiger partial charge in [-0.25, -0.2) is 4.39 Å². The fourth-order valence-corrected chi connectivity index (χ4v) is 9.72. The van der Waals surface area contributed by atoms with E-state index in [9.17, 15) is 29.9 Å². The summed E-state index contributed by atoms with van der Waals surface area (Å²) in [5, 5.41) is 60.7. The van der Waals surface area contributed by atoms with Gasteiger partial charge >= 0.3 is 0 Å². The fourth-order valence-electron chi connectivity index (χ4n) is 9.54. The van der Waals surface area contributed by atoms with Gasteiger partial charge in [0.2, 0.25) is 0 Å². The van der Waals surface area contributed by atoms with Crippen LogP contribution in [0, 0.1) is 5.82 Å². The van der Waals surface area contributed by atoms with Crippen molar-refractivity contribution in [1.82, 2.24) is 5.32 Å². The minimum absolute atomic E-state index is 0.119. The molecule has 1 saturated heterocycles. The van der Waals surface area contributed by atoms with Gasteiger partial charge in [0.05, 0.1) is 30.5 Å². The van der Waals surface area contributed by atoms with E-state index in [2.05, 4.69) is 24.5 Å². The summed E-state index contributed by atoms with van der Waals surface area (Å²) in [6, 6.07) is 5.30. The van der Waals surface area contributed by atoms with Crippen LogP contribution in [0.25, 0.3) is 0 Å². The van der Waals surface area contributed by atoms with Crippen LogP contribution in [-0.4, -0.2) is 99.4 Å². The van der Waals surface area contributed by atoms with Gasteiger partial charge < -0.3 is 50.4 Å². The number of rotatable bonds is 47. The van der Waals surface area contributed by atoms with Crippen molar-refractivity contribution in [2.75, 3.05) is 25.1 Å². The van der Waals surface area contributed by atoms with Crippen LogP contribution in [0.3, 0.4) is 0 Å². The molecule has 2 rings (SSSR count). The maximum Gasteiger partial charge on any atom is 0.261 e. The lowest BCUT2D eigenvalue weighted by atomic mass is 9.98. The van der Waals surface area contributed by atoms with E-state index in [1.54, 1.807) is 12.1 Å². The largest absolute Gasteiger partial charge is 0.468 e. The van der Waals surface area contributed by atoms with Crippen LogP contribution in [0.1, 0.15) is 251 Å². The van der Waals surface area contributed by atoms with Crippen LogP contribution < -0.4 is 10.6 Å². The standard InChI is InChI=1S/C57H105FN2O8S/c1-3-5-7-9-11-13-15-17-18-19-20-21-22-23-24-25-26-27-28-30-32-34-36-40-44-59-49(52(62)50(61)43-37-35-33-31-29-16-14-12-10-8-6-4-2)45-66-56-55(65)54(64)53(63)51(68-56)46-67-57(69)60-48-42-39-38-41-47(48)58/h38-39,41-42,49-56,59,61-65H,3-37,40,43-46H2,1-2H3,(H,60,69)/t49-,50+,51+,52-,53-,54-,55+,56-/m0/s1. The van der Waals surface area contributed by atoms with E-state index in [-0.39, 0.29) is 24.1 Å². The first-order valence-corrected chi connectivity index (χ1v) is 29.2. The van der Waals surface area contributed by atoms with Gasteiger partial charge in [-0.1, -0.05) is 251 Å². The summed E-state index contributed by atoms with van der Waals surface area (Å²) in [6.45, 7) is 4.72. The molecule has 1 aromatic carbocycles. The van der Waals surface area contributed by atoms with E-state index < -0.39 is 54.8 Å². The molecule has 1 heterocycles. The molecule has 7 N–H and O–H groups in total. The van der Waals surface area contributed by atoms with E-state index in [1.807, 2.05) is 0 Å². The van der Waals surface area contributed by atoms with Crippen LogP contribution in [0.4, 0.5) is 10.1 Å². The molecule has 69 heavy (non-hydrogen) atoms. The Morgan fingerprint density at radius 1 is 0.580 bits per heavy atom. The fraction of sp³-hybridized carbons (Fsp3) is 0.877. The number of ether oxygens (including phenoxy) is 3. The average Bonchev–Trinajstić information content (AvgIpc) is 3.35. The molecule has 0 saturated carbocycles. The number of para-hydroxylation sites is 1. The lowest BCUT2D eigenvalue weighted by Gasteiger charge is -2.40. The number of halogens is 1. The second-order valence-electron chi connectivity index (χ2n) is 20.5. The Labute approximate surface area is 426 Å². The molecule has 0 spiro atoms. The monoisotopic (exact) mass is 997 g/mol. The highest BCUT2D eigenvalue weighted by atomic mass is 32.1. The van der Waals surface area contributed by atoms with Crippen LogP contribution >= 0.6 is 12.2 Å². The molecule has 0 aromatic heterocycles. The van der Waals surface area contributed by atoms with Crippen LogP contribution in [-0.2, 0) is 14.2 Å². The highest BCUT2D eigenvalue weighted by Crippen LogP contribution is 2.24. The molecule has 0 unspecified atom stereocenters. The van der Waals surface area contributed by atoms with E-state index >= 15 is 0 Å². The van der Waals surface area contributed by atoms with Crippen molar-refractivity contribution in [3.63, 3.8) is 0 Å². The van der Waals surface area contributed by atoms with Crippen molar-refractivity contribution < 1.29 is 44.1 Å². The van der Waals surface area contributed by atoms with Crippen LogP contribution in [0.2, 0.25) is 0 Å². The van der Waals surface area contributed by atoms with Crippen molar-refractivity contribution in [3.8, 4) is 0 Å². The predicted octanol–water partition coefficient (Wildman–Crippen LogP) is 13.5. The average molecular weight is 998 g/mol. The van der Waals surface area contributed by atoms with E-state index in [1.165, 1.54) is 205 Å².